The number of methoxy groups -OCH3 is 1. The smallest absolute Gasteiger partial charge is 0.0626 e. The van der Waals surface area contributed by atoms with Gasteiger partial charge in [0.15, 0.2) is 0 Å². The number of halogens is 1. The van der Waals surface area contributed by atoms with Crippen LogP contribution in [0.15, 0.2) is 42.5 Å². The number of ether oxygens (including phenoxy) is 1. The molecule has 17 heavy (non-hydrogen) atoms. The van der Waals surface area contributed by atoms with Crippen LogP contribution >= 0.6 is 11.6 Å². The monoisotopic (exact) mass is 248 g/mol. The van der Waals surface area contributed by atoms with Crippen molar-refractivity contribution < 1.29 is 4.74 Å². The van der Waals surface area contributed by atoms with Gasteiger partial charge in [-0.05, 0) is 29.2 Å². The first kappa shape index (κ1) is 12.4. The van der Waals surface area contributed by atoms with Crippen LogP contribution in [-0.2, 0) is 11.2 Å². The topological polar surface area (TPSA) is 9.23 Å². The molecule has 0 aromatic heterocycles. The molecule has 0 spiro atoms. The third-order valence-electron chi connectivity index (χ3n) is 2.95. The number of fused-ring (bicyclic) bond motifs is 1. The van der Waals surface area contributed by atoms with E-state index in [-0.39, 0.29) is 5.38 Å². The maximum atomic E-state index is 6.16. The van der Waals surface area contributed by atoms with Crippen LogP contribution in [-0.4, -0.2) is 19.1 Å². The maximum absolute atomic E-state index is 6.16. The fraction of sp³-hybridized carbons (Fsp3) is 0.333. The minimum Gasteiger partial charge on any atom is -0.383 e. The molecule has 2 heteroatoms. The Hall–Kier alpha value is -1.05. The lowest BCUT2D eigenvalue weighted by molar-refractivity contribution is 0.195. The number of hydrogen-bond donors (Lipinski definition) is 0. The van der Waals surface area contributed by atoms with Crippen molar-refractivity contribution in [2.45, 2.75) is 18.2 Å². The molecule has 2 rings (SSSR count). The summed E-state index contributed by atoms with van der Waals surface area (Å²) >= 11 is 6.16. The molecular formula is C15H17ClO. The van der Waals surface area contributed by atoms with Crippen LogP contribution in [0, 0.1) is 0 Å². The summed E-state index contributed by atoms with van der Waals surface area (Å²) in [5.41, 5.74) is 1.37. The fourth-order valence-corrected chi connectivity index (χ4v) is 2.32. The largest absolute Gasteiger partial charge is 0.383 e. The zero-order valence-electron chi connectivity index (χ0n) is 10.0. The molecule has 0 fully saturated rings. The van der Waals surface area contributed by atoms with Gasteiger partial charge in [0.25, 0.3) is 0 Å². The van der Waals surface area contributed by atoms with E-state index in [1.807, 2.05) is 0 Å². The molecule has 0 heterocycles. The van der Waals surface area contributed by atoms with Gasteiger partial charge in [-0.25, -0.2) is 0 Å². The van der Waals surface area contributed by atoms with Gasteiger partial charge in [0.2, 0.25) is 0 Å². The highest BCUT2D eigenvalue weighted by atomic mass is 35.5. The number of alkyl halides is 1. The normalized spacial score (nSPS) is 12.8. The van der Waals surface area contributed by atoms with E-state index in [0.29, 0.717) is 6.61 Å². The molecule has 0 aliphatic heterocycles. The summed E-state index contributed by atoms with van der Waals surface area (Å²) in [6, 6.07) is 14.9. The van der Waals surface area contributed by atoms with Gasteiger partial charge >= 0.3 is 0 Å². The molecule has 0 saturated heterocycles. The molecule has 0 amide bonds. The van der Waals surface area contributed by atoms with Gasteiger partial charge in [-0.15, -0.1) is 11.6 Å². The number of benzene rings is 2. The van der Waals surface area contributed by atoms with Gasteiger partial charge in [0.1, 0.15) is 0 Å². The first-order valence-corrected chi connectivity index (χ1v) is 6.34. The van der Waals surface area contributed by atoms with Gasteiger partial charge in [-0.2, -0.15) is 0 Å². The van der Waals surface area contributed by atoms with Crippen molar-refractivity contribution in [3.63, 3.8) is 0 Å². The van der Waals surface area contributed by atoms with Crippen LogP contribution < -0.4 is 0 Å². The SMILES string of the molecule is COCC(Cl)CCc1cccc2ccccc12. The first-order valence-electron chi connectivity index (χ1n) is 5.91. The Balaban J connectivity index is 2.13. The first-order chi connectivity index (χ1) is 8.31. The van der Waals surface area contributed by atoms with Crippen LogP contribution in [0.1, 0.15) is 12.0 Å². The quantitative estimate of drug-likeness (QED) is 0.726. The highest BCUT2D eigenvalue weighted by molar-refractivity contribution is 6.20. The van der Waals surface area contributed by atoms with E-state index in [1.54, 1.807) is 7.11 Å². The van der Waals surface area contributed by atoms with Crippen LogP contribution in [0.2, 0.25) is 0 Å². The van der Waals surface area contributed by atoms with E-state index in [0.717, 1.165) is 12.8 Å². The maximum Gasteiger partial charge on any atom is 0.0626 e. The minimum absolute atomic E-state index is 0.0963. The zero-order chi connectivity index (χ0) is 12.1. The van der Waals surface area contributed by atoms with E-state index < -0.39 is 0 Å². The van der Waals surface area contributed by atoms with Gasteiger partial charge in [0, 0.05) is 7.11 Å². The lowest BCUT2D eigenvalue weighted by Crippen LogP contribution is -2.08. The molecule has 0 saturated carbocycles. The van der Waals surface area contributed by atoms with Crippen molar-refractivity contribution in [2.75, 3.05) is 13.7 Å². The average molecular weight is 249 g/mol. The molecule has 0 radical (unpaired) electrons. The Kier molecular flexibility index (Phi) is 4.41. The second kappa shape index (κ2) is 6.04. The minimum atomic E-state index is 0.0963. The Labute approximate surface area is 107 Å². The summed E-state index contributed by atoms with van der Waals surface area (Å²) in [5, 5.41) is 2.72. The van der Waals surface area contributed by atoms with Crippen LogP contribution in [0.3, 0.4) is 0 Å². The molecule has 0 bridgehead atoms. The lowest BCUT2D eigenvalue weighted by atomic mass is 10.0. The fourth-order valence-electron chi connectivity index (χ4n) is 2.09. The standard InChI is InChI=1S/C15H17ClO/c1-17-11-14(16)10-9-13-7-4-6-12-5-2-3-8-15(12)13/h2-8,14H,9-11H2,1H3. The Morgan fingerprint density at radius 2 is 1.88 bits per heavy atom. The van der Waals surface area contributed by atoms with Crippen molar-refractivity contribution in [2.24, 2.45) is 0 Å². The van der Waals surface area contributed by atoms with E-state index >= 15 is 0 Å². The molecular weight excluding hydrogens is 232 g/mol. The van der Waals surface area contributed by atoms with Crippen LogP contribution in [0.25, 0.3) is 10.8 Å². The second-order valence-corrected chi connectivity index (χ2v) is 4.85. The summed E-state index contributed by atoms with van der Waals surface area (Å²) in [7, 11) is 1.69. The van der Waals surface area contributed by atoms with Gasteiger partial charge in [-0.3, -0.25) is 0 Å². The lowest BCUT2D eigenvalue weighted by Gasteiger charge is -2.10. The molecule has 1 unspecified atom stereocenters. The predicted octanol–water partition coefficient (Wildman–Crippen LogP) is 4.03. The Morgan fingerprint density at radius 3 is 2.71 bits per heavy atom. The predicted molar refractivity (Wildman–Crippen MR) is 73.8 cm³/mol. The summed E-state index contributed by atoms with van der Waals surface area (Å²) in [5.74, 6) is 0. The molecule has 90 valence electrons. The third-order valence-corrected chi connectivity index (χ3v) is 3.30. The molecule has 1 nitrogen and oxygen atoms in total. The van der Waals surface area contributed by atoms with Gasteiger partial charge in [-0.1, -0.05) is 42.5 Å². The van der Waals surface area contributed by atoms with Gasteiger partial charge < -0.3 is 4.74 Å². The number of aryl methyl sites for hydroxylation is 1. The highest BCUT2D eigenvalue weighted by Crippen LogP contribution is 2.20. The molecule has 0 aliphatic rings. The molecule has 0 aliphatic carbocycles. The molecule has 0 N–H and O–H groups in total. The zero-order valence-corrected chi connectivity index (χ0v) is 10.8. The Bertz CT molecular complexity index is 476. The van der Waals surface area contributed by atoms with Crippen molar-refractivity contribution in [1.82, 2.24) is 0 Å². The van der Waals surface area contributed by atoms with Crippen LogP contribution in [0.5, 0.6) is 0 Å². The molecule has 2 aromatic rings. The second-order valence-electron chi connectivity index (χ2n) is 4.23. The van der Waals surface area contributed by atoms with Crippen molar-refractivity contribution in [3.05, 3.63) is 48.0 Å². The third kappa shape index (κ3) is 3.21. The van der Waals surface area contributed by atoms with E-state index in [2.05, 4.69) is 42.5 Å². The van der Waals surface area contributed by atoms with E-state index in [9.17, 15) is 0 Å². The van der Waals surface area contributed by atoms with Crippen molar-refractivity contribution >= 4 is 22.4 Å². The molecule has 1 atom stereocenters. The summed E-state index contributed by atoms with van der Waals surface area (Å²) < 4.78 is 5.05. The van der Waals surface area contributed by atoms with Gasteiger partial charge in [0.05, 0.1) is 12.0 Å². The Morgan fingerprint density at radius 1 is 1.12 bits per heavy atom. The van der Waals surface area contributed by atoms with Crippen molar-refractivity contribution in [1.29, 1.82) is 0 Å². The van der Waals surface area contributed by atoms with Crippen LogP contribution in [0.4, 0.5) is 0 Å². The van der Waals surface area contributed by atoms with E-state index in [1.165, 1.54) is 16.3 Å². The average Bonchev–Trinajstić information content (AvgIpc) is 2.36. The summed E-state index contributed by atoms with van der Waals surface area (Å²) in [4.78, 5) is 0. The molecule has 2 aromatic carbocycles. The highest BCUT2D eigenvalue weighted by Gasteiger charge is 2.06. The number of hydrogen-bond acceptors (Lipinski definition) is 1. The summed E-state index contributed by atoms with van der Waals surface area (Å²) in [6.07, 6.45) is 1.95. The van der Waals surface area contributed by atoms with Crippen molar-refractivity contribution in [3.8, 4) is 0 Å². The van der Waals surface area contributed by atoms with E-state index in [4.69, 9.17) is 16.3 Å². The summed E-state index contributed by atoms with van der Waals surface area (Å²) in [6.45, 7) is 0.617. The number of rotatable bonds is 5.